The highest BCUT2D eigenvalue weighted by Gasteiger charge is 2.36. The van der Waals surface area contributed by atoms with Crippen molar-refractivity contribution >= 4 is 29.6 Å². The number of nitrogens with one attached hydrogen (secondary N) is 1. The summed E-state index contributed by atoms with van der Waals surface area (Å²) in [4.78, 5) is 10.6. The van der Waals surface area contributed by atoms with Gasteiger partial charge in [-0.05, 0) is 11.8 Å². The minimum atomic E-state index is -1.54. The molecule has 2 unspecified atom stereocenters. The maximum absolute atomic E-state index is 10.6. The van der Waals surface area contributed by atoms with Gasteiger partial charge in [0.2, 0.25) is 12.7 Å². The first-order valence-corrected chi connectivity index (χ1v) is 3.27. The molecule has 2 atom stereocenters. The molecule has 11 heavy (non-hydrogen) atoms. The predicted octanol–water partition coefficient (Wildman–Crippen LogP) is -0.827. The Morgan fingerprint density at radius 1 is 1.45 bits per heavy atom. The van der Waals surface area contributed by atoms with Crippen LogP contribution in [0.15, 0.2) is 0 Å². The lowest BCUT2D eigenvalue weighted by atomic mass is 10.7. The van der Waals surface area contributed by atoms with Crippen LogP contribution in [-0.4, -0.2) is 37.8 Å². The molecule has 1 saturated heterocycles. The van der Waals surface area contributed by atoms with Crippen molar-refractivity contribution in [1.29, 1.82) is 0 Å². The van der Waals surface area contributed by atoms with Gasteiger partial charge in [0, 0.05) is 11.8 Å². The molecule has 64 valence electrons. The lowest BCUT2D eigenvalue weighted by Crippen LogP contribution is -2.61. The fourth-order valence-corrected chi connectivity index (χ4v) is 0.885. The second-order valence-corrected chi connectivity index (χ2v) is 2.58. The number of carbonyl (C=O) groups is 1. The molecule has 8 heteroatoms. The first-order valence-electron chi connectivity index (χ1n) is 2.60. The molecule has 6 nitrogen and oxygen atoms in total. The number of halogens is 2. The van der Waals surface area contributed by atoms with Crippen LogP contribution in [0.3, 0.4) is 0 Å². The third kappa shape index (κ3) is 1.49. The van der Waals surface area contributed by atoms with E-state index >= 15 is 0 Å². The van der Waals surface area contributed by atoms with Gasteiger partial charge in [-0.2, -0.15) is 4.42 Å². The lowest BCUT2D eigenvalue weighted by molar-refractivity contribution is -0.113. The molecular weight excluding hydrogens is 197 g/mol. The van der Waals surface area contributed by atoms with Gasteiger partial charge in [0.05, 0.1) is 0 Å². The Hall–Kier alpha value is -0.270. The maximum Gasteiger partial charge on any atom is 0.338 e. The summed E-state index contributed by atoms with van der Waals surface area (Å²) >= 11 is 10.5. The number of hydrogen-bond acceptors (Lipinski definition) is 4. The molecule has 1 aliphatic heterocycles. The van der Waals surface area contributed by atoms with E-state index in [-0.39, 0.29) is 0 Å². The minimum Gasteiger partial charge on any atom is -0.360 e. The third-order valence-corrected chi connectivity index (χ3v) is 1.79. The van der Waals surface area contributed by atoms with E-state index in [0.29, 0.717) is 8.84 Å². The van der Waals surface area contributed by atoms with Crippen molar-refractivity contribution in [2.75, 3.05) is 0 Å². The van der Waals surface area contributed by atoms with Gasteiger partial charge in [-0.25, -0.2) is 4.79 Å². The number of aliphatic hydroxyl groups excluding tert-OH is 2. The van der Waals surface area contributed by atoms with Crippen molar-refractivity contribution in [2.24, 2.45) is 0 Å². The van der Waals surface area contributed by atoms with Crippen LogP contribution in [0.25, 0.3) is 0 Å². The highest BCUT2D eigenvalue weighted by Crippen LogP contribution is 2.15. The van der Waals surface area contributed by atoms with Gasteiger partial charge in [0.15, 0.2) is 0 Å². The number of urea groups is 1. The summed E-state index contributed by atoms with van der Waals surface area (Å²) in [6, 6.07) is -0.816. The predicted molar refractivity (Wildman–Crippen MR) is 35.9 cm³/mol. The third-order valence-electron chi connectivity index (χ3n) is 1.10. The van der Waals surface area contributed by atoms with Crippen molar-refractivity contribution in [2.45, 2.75) is 12.7 Å². The first kappa shape index (κ1) is 8.82. The van der Waals surface area contributed by atoms with Crippen molar-refractivity contribution in [3.05, 3.63) is 0 Å². The largest absolute Gasteiger partial charge is 0.360 e. The minimum absolute atomic E-state index is 0.416. The van der Waals surface area contributed by atoms with Gasteiger partial charge in [0.25, 0.3) is 0 Å². The number of carbonyl (C=O) groups excluding carboxylic acids is 1. The Bertz CT molecular complexity index is 179. The number of aliphatic hydroxyl groups is 2. The summed E-state index contributed by atoms with van der Waals surface area (Å²) in [6.45, 7) is 0. The normalized spacial score (nSPS) is 33.8. The standard InChI is InChI=1S/C3H5Cl2N3O3/c4-7-1(9)6-2(10)8(5)3(7)11/h1,3,9,11H,(H,6,10). The van der Waals surface area contributed by atoms with Gasteiger partial charge in [-0.1, -0.05) is 0 Å². The van der Waals surface area contributed by atoms with E-state index in [2.05, 4.69) is 0 Å². The van der Waals surface area contributed by atoms with Gasteiger partial charge in [-0.3, -0.25) is 5.32 Å². The van der Waals surface area contributed by atoms with Crippen molar-refractivity contribution in [1.82, 2.24) is 14.2 Å². The van der Waals surface area contributed by atoms with E-state index in [0.717, 1.165) is 0 Å². The quantitative estimate of drug-likeness (QED) is 0.448. The molecule has 0 aromatic carbocycles. The molecule has 0 aromatic rings. The molecule has 0 saturated carbocycles. The van der Waals surface area contributed by atoms with E-state index in [1.165, 1.54) is 0 Å². The molecule has 1 rings (SSSR count). The Kier molecular flexibility index (Phi) is 2.40. The fraction of sp³-hybridized carbons (Fsp3) is 0.667. The van der Waals surface area contributed by atoms with E-state index in [1.54, 1.807) is 0 Å². The Labute approximate surface area is 72.1 Å². The van der Waals surface area contributed by atoms with Crippen molar-refractivity contribution in [3.8, 4) is 0 Å². The van der Waals surface area contributed by atoms with Crippen LogP contribution in [0.5, 0.6) is 0 Å². The van der Waals surface area contributed by atoms with Gasteiger partial charge in [0.1, 0.15) is 0 Å². The smallest absolute Gasteiger partial charge is 0.338 e. The second kappa shape index (κ2) is 3.00. The van der Waals surface area contributed by atoms with Crippen LogP contribution in [0.2, 0.25) is 0 Å². The molecule has 0 aromatic heterocycles. The van der Waals surface area contributed by atoms with E-state index < -0.39 is 18.7 Å². The summed E-state index contributed by atoms with van der Waals surface area (Å²) in [7, 11) is 0. The van der Waals surface area contributed by atoms with Gasteiger partial charge in [-0.15, -0.1) is 4.42 Å². The van der Waals surface area contributed by atoms with Gasteiger partial charge < -0.3 is 10.2 Å². The molecule has 3 N–H and O–H groups in total. The fourth-order valence-electron chi connectivity index (χ4n) is 0.562. The Morgan fingerprint density at radius 3 is 2.55 bits per heavy atom. The van der Waals surface area contributed by atoms with Crippen LogP contribution < -0.4 is 5.32 Å². The lowest BCUT2D eigenvalue weighted by Gasteiger charge is -2.35. The summed E-state index contributed by atoms with van der Waals surface area (Å²) in [5.41, 5.74) is 0. The number of nitrogens with zero attached hydrogens (tertiary/aromatic N) is 2. The van der Waals surface area contributed by atoms with Crippen LogP contribution in [-0.2, 0) is 0 Å². The number of amides is 2. The molecular formula is C3H5Cl2N3O3. The zero-order valence-electron chi connectivity index (χ0n) is 5.11. The second-order valence-electron chi connectivity index (χ2n) is 1.83. The van der Waals surface area contributed by atoms with E-state index in [1.807, 2.05) is 5.32 Å². The van der Waals surface area contributed by atoms with Gasteiger partial charge >= 0.3 is 6.03 Å². The highest BCUT2D eigenvalue weighted by atomic mass is 35.5. The molecule has 0 spiro atoms. The molecule has 1 aliphatic rings. The van der Waals surface area contributed by atoms with Crippen LogP contribution >= 0.6 is 23.6 Å². The summed E-state index contributed by atoms with van der Waals surface area (Å²) < 4.78 is 0.966. The summed E-state index contributed by atoms with van der Waals surface area (Å²) in [5, 5.41) is 19.8. The monoisotopic (exact) mass is 201 g/mol. The molecule has 0 radical (unpaired) electrons. The topological polar surface area (TPSA) is 76.0 Å². The number of hydrogen-bond donors (Lipinski definition) is 3. The highest BCUT2D eigenvalue weighted by molar-refractivity contribution is 6.22. The van der Waals surface area contributed by atoms with Crippen LogP contribution in [0.4, 0.5) is 4.79 Å². The zero-order chi connectivity index (χ0) is 8.59. The number of rotatable bonds is 0. The molecule has 0 aliphatic carbocycles. The van der Waals surface area contributed by atoms with Crippen LogP contribution in [0.1, 0.15) is 0 Å². The average Bonchev–Trinajstić information content (AvgIpc) is 1.97. The molecule has 1 fully saturated rings. The first-order chi connectivity index (χ1) is 5.04. The molecule has 1 heterocycles. The van der Waals surface area contributed by atoms with Crippen molar-refractivity contribution < 1.29 is 15.0 Å². The molecule has 0 bridgehead atoms. The summed E-state index contributed by atoms with van der Waals surface area (Å²) in [5.74, 6) is 0. The Morgan fingerprint density at radius 2 is 2.00 bits per heavy atom. The maximum atomic E-state index is 10.6. The Balaban J connectivity index is 2.70. The zero-order valence-corrected chi connectivity index (χ0v) is 6.62. The molecule has 2 amide bonds. The van der Waals surface area contributed by atoms with Crippen molar-refractivity contribution in [3.63, 3.8) is 0 Å². The van der Waals surface area contributed by atoms with E-state index in [9.17, 15) is 4.79 Å². The average molecular weight is 202 g/mol. The summed E-state index contributed by atoms with van der Waals surface area (Å²) in [6.07, 6.45) is -2.98. The van der Waals surface area contributed by atoms with E-state index in [4.69, 9.17) is 33.8 Å². The SMILES string of the molecule is O=C1NC(O)N(Cl)C(O)N1Cl. The van der Waals surface area contributed by atoms with Crippen LogP contribution in [0, 0.1) is 0 Å².